The van der Waals surface area contributed by atoms with Crippen LogP contribution in [0.2, 0.25) is 0 Å². The van der Waals surface area contributed by atoms with Crippen LogP contribution in [0, 0.1) is 6.92 Å². The Bertz CT molecular complexity index is 647. The summed E-state index contributed by atoms with van der Waals surface area (Å²) in [6.07, 6.45) is 3.06. The van der Waals surface area contributed by atoms with Crippen molar-refractivity contribution in [2.75, 3.05) is 26.2 Å². The second kappa shape index (κ2) is 6.91. The number of piperazine rings is 1. The number of hydrogen-bond acceptors (Lipinski definition) is 4. The van der Waals surface area contributed by atoms with Gasteiger partial charge in [0.15, 0.2) is 0 Å². The third-order valence-electron chi connectivity index (χ3n) is 4.36. The summed E-state index contributed by atoms with van der Waals surface area (Å²) in [7, 11) is 0. The molecule has 6 heteroatoms. The molecule has 1 aliphatic heterocycles. The van der Waals surface area contributed by atoms with Crippen molar-refractivity contribution in [3.05, 3.63) is 48.0 Å². The average Bonchev–Trinajstić information content (AvgIpc) is 3.09. The van der Waals surface area contributed by atoms with E-state index in [0.717, 1.165) is 32.7 Å². The molecule has 0 radical (unpaired) electrons. The molecule has 0 aliphatic carbocycles. The van der Waals surface area contributed by atoms with Gasteiger partial charge in [0.05, 0.1) is 0 Å². The first-order valence-corrected chi connectivity index (χ1v) is 8.04. The molecule has 23 heavy (non-hydrogen) atoms. The number of carbonyl (C=O) groups is 1. The minimum Gasteiger partial charge on any atom is -0.338 e. The normalized spacial score (nSPS) is 17.2. The number of carbonyl (C=O) groups excluding carboxylic acids is 1. The van der Waals surface area contributed by atoms with Gasteiger partial charge >= 0.3 is 0 Å². The van der Waals surface area contributed by atoms with Gasteiger partial charge < -0.3 is 4.90 Å². The van der Waals surface area contributed by atoms with E-state index in [2.05, 4.69) is 46.2 Å². The molecule has 1 amide bonds. The number of benzene rings is 1. The van der Waals surface area contributed by atoms with E-state index in [1.54, 1.807) is 11.0 Å². The van der Waals surface area contributed by atoms with Crippen LogP contribution >= 0.6 is 0 Å². The van der Waals surface area contributed by atoms with Crippen molar-refractivity contribution in [3.63, 3.8) is 0 Å². The SMILES string of the molecule is Cc1cccc(CN2CCN(C(=O)[C@@H](C)n3cncn3)CC2)c1. The molecule has 1 aromatic carbocycles. The summed E-state index contributed by atoms with van der Waals surface area (Å²) in [4.78, 5) is 20.8. The zero-order chi connectivity index (χ0) is 16.2. The van der Waals surface area contributed by atoms with Gasteiger partial charge in [-0.3, -0.25) is 9.69 Å². The fourth-order valence-electron chi connectivity index (χ4n) is 2.99. The first-order chi connectivity index (χ1) is 11.1. The molecule has 1 aliphatic rings. The maximum absolute atomic E-state index is 12.5. The lowest BCUT2D eigenvalue weighted by atomic mass is 10.1. The van der Waals surface area contributed by atoms with Crippen molar-refractivity contribution in [2.24, 2.45) is 0 Å². The smallest absolute Gasteiger partial charge is 0.247 e. The van der Waals surface area contributed by atoms with Crippen molar-refractivity contribution in [3.8, 4) is 0 Å². The number of rotatable bonds is 4. The molecule has 0 bridgehead atoms. The van der Waals surface area contributed by atoms with Crippen LogP contribution in [-0.2, 0) is 11.3 Å². The standard InChI is InChI=1S/C17H23N5O/c1-14-4-3-5-16(10-14)11-20-6-8-21(9-7-20)17(23)15(2)22-13-18-12-19-22/h3-5,10,12-13,15H,6-9,11H2,1-2H3/t15-/m1/s1. The molecule has 1 fully saturated rings. The highest BCUT2D eigenvalue weighted by Gasteiger charge is 2.26. The fourth-order valence-corrected chi connectivity index (χ4v) is 2.99. The molecule has 1 saturated heterocycles. The first kappa shape index (κ1) is 15.7. The molecule has 0 N–H and O–H groups in total. The van der Waals surface area contributed by atoms with Crippen molar-refractivity contribution in [1.82, 2.24) is 24.6 Å². The van der Waals surface area contributed by atoms with Gasteiger partial charge in [-0.2, -0.15) is 5.10 Å². The Morgan fingerprint density at radius 2 is 2.04 bits per heavy atom. The second-order valence-electron chi connectivity index (χ2n) is 6.14. The van der Waals surface area contributed by atoms with Crippen molar-refractivity contribution in [2.45, 2.75) is 26.4 Å². The average molecular weight is 313 g/mol. The number of hydrogen-bond donors (Lipinski definition) is 0. The van der Waals surface area contributed by atoms with E-state index in [-0.39, 0.29) is 11.9 Å². The molecule has 1 aromatic heterocycles. The predicted octanol–water partition coefficient (Wildman–Crippen LogP) is 1.49. The largest absolute Gasteiger partial charge is 0.338 e. The first-order valence-electron chi connectivity index (χ1n) is 8.04. The van der Waals surface area contributed by atoms with Crippen LogP contribution in [0.1, 0.15) is 24.1 Å². The highest BCUT2D eigenvalue weighted by atomic mass is 16.2. The van der Waals surface area contributed by atoms with Crippen LogP contribution in [0.4, 0.5) is 0 Å². The van der Waals surface area contributed by atoms with Crippen LogP contribution < -0.4 is 0 Å². The Kier molecular flexibility index (Phi) is 4.71. The maximum Gasteiger partial charge on any atom is 0.247 e. The zero-order valence-electron chi connectivity index (χ0n) is 13.7. The zero-order valence-corrected chi connectivity index (χ0v) is 13.7. The molecule has 3 rings (SSSR count). The Morgan fingerprint density at radius 3 is 2.70 bits per heavy atom. The van der Waals surface area contributed by atoms with Gasteiger partial charge in [-0.25, -0.2) is 9.67 Å². The highest BCUT2D eigenvalue weighted by molar-refractivity contribution is 5.80. The molecule has 0 saturated carbocycles. The Hall–Kier alpha value is -2.21. The molecular weight excluding hydrogens is 290 g/mol. The summed E-state index contributed by atoms with van der Waals surface area (Å²) < 4.78 is 1.61. The van der Waals surface area contributed by atoms with Gasteiger partial charge in [0.1, 0.15) is 18.7 Å². The molecule has 2 aromatic rings. The van der Waals surface area contributed by atoms with Crippen LogP contribution in [0.5, 0.6) is 0 Å². The van der Waals surface area contributed by atoms with Crippen LogP contribution in [-0.4, -0.2) is 56.7 Å². The number of nitrogens with zero attached hydrogens (tertiary/aromatic N) is 5. The molecule has 0 unspecified atom stereocenters. The minimum absolute atomic E-state index is 0.116. The molecular formula is C17H23N5O. The summed E-state index contributed by atoms with van der Waals surface area (Å²) in [5.74, 6) is 0.116. The Labute approximate surface area is 136 Å². The highest BCUT2D eigenvalue weighted by Crippen LogP contribution is 2.13. The van der Waals surface area contributed by atoms with Gasteiger partial charge in [0.25, 0.3) is 0 Å². The van der Waals surface area contributed by atoms with Gasteiger partial charge in [-0.1, -0.05) is 29.8 Å². The fraction of sp³-hybridized carbons (Fsp3) is 0.471. The Balaban J connectivity index is 1.53. The van der Waals surface area contributed by atoms with Gasteiger partial charge in [0, 0.05) is 32.7 Å². The van der Waals surface area contributed by atoms with E-state index in [9.17, 15) is 4.79 Å². The van der Waals surface area contributed by atoms with E-state index in [0.29, 0.717) is 0 Å². The van der Waals surface area contributed by atoms with Gasteiger partial charge in [-0.05, 0) is 19.4 Å². The quantitative estimate of drug-likeness (QED) is 0.858. The lowest BCUT2D eigenvalue weighted by molar-refractivity contribution is -0.136. The van der Waals surface area contributed by atoms with E-state index in [1.807, 2.05) is 11.8 Å². The number of aryl methyl sites for hydroxylation is 1. The van der Waals surface area contributed by atoms with Crippen molar-refractivity contribution < 1.29 is 4.79 Å². The summed E-state index contributed by atoms with van der Waals surface area (Å²) in [5.41, 5.74) is 2.62. The molecule has 2 heterocycles. The van der Waals surface area contributed by atoms with E-state index >= 15 is 0 Å². The number of aromatic nitrogens is 3. The van der Waals surface area contributed by atoms with Gasteiger partial charge in [0.2, 0.25) is 5.91 Å². The van der Waals surface area contributed by atoms with Gasteiger partial charge in [-0.15, -0.1) is 0 Å². The third-order valence-corrected chi connectivity index (χ3v) is 4.36. The van der Waals surface area contributed by atoms with E-state index < -0.39 is 0 Å². The van der Waals surface area contributed by atoms with Crippen LogP contribution in [0.15, 0.2) is 36.9 Å². The van der Waals surface area contributed by atoms with Crippen molar-refractivity contribution >= 4 is 5.91 Å². The topological polar surface area (TPSA) is 54.3 Å². The lowest BCUT2D eigenvalue weighted by Crippen LogP contribution is -2.49. The third kappa shape index (κ3) is 3.76. The number of amides is 1. The summed E-state index contributed by atoms with van der Waals surface area (Å²) >= 11 is 0. The van der Waals surface area contributed by atoms with Crippen molar-refractivity contribution in [1.29, 1.82) is 0 Å². The second-order valence-corrected chi connectivity index (χ2v) is 6.14. The van der Waals surface area contributed by atoms with E-state index in [4.69, 9.17) is 0 Å². The predicted molar refractivity (Wildman–Crippen MR) is 87.8 cm³/mol. The molecule has 6 nitrogen and oxygen atoms in total. The van der Waals surface area contributed by atoms with Crippen LogP contribution in [0.25, 0.3) is 0 Å². The Morgan fingerprint density at radius 1 is 1.26 bits per heavy atom. The molecule has 1 atom stereocenters. The maximum atomic E-state index is 12.5. The van der Waals surface area contributed by atoms with Crippen LogP contribution in [0.3, 0.4) is 0 Å². The monoisotopic (exact) mass is 313 g/mol. The molecule has 0 spiro atoms. The summed E-state index contributed by atoms with van der Waals surface area (Å²) in [5, 5.41) is 4.06. The molecule has 122 valence electrons. The van der Waals surface area contributed by atoms with E-state index in [1.165, 1.54) is 17.5 Å². The minimum atomic E-state index is -0.291. The summed E-state index contributed by atoms with van der Waals surface area (Å²) in [6, 6.07) is 8.32. The summed E-state index contributed by atoms with van der Waals surface area (Å²) in [6.45, 7) is 8.28. The lowest BCUT2D eigenvalue weighted by Gasteiger charge is -2.36.